The van der Waals surface area contributed by atoms with E-state index in [1.54, 1.807) is 0 Å². The molecule has 0 heterocycles. The predicted octanol–water partition coefficient (Wildman–Crippen LogP) is -1.46. The molecule has 0 amide bonds. The van der Waals surface area contributed by atoms with E-state index in [1.807, 2.05) is 0 Å². The Labute approximate surface area is 167 Å². The van der Waals surface area contributed by atoms with Crippen LogP contribution in [-0.4, -0.2) is 91.6 Å². The third-order valence-electron chi connectivity index (χ3n) is 4.23. The zero-order valence-corrected chi connectivity index (χ0v) is 16.2. The van der Waals surface area contributed by atoms with Gasteiger partial charge in [-0.3, -0.25) is 0 Å². The highest BCUT2D eigenvalue weighted by Gasteiger charge is 2.31. The minimum Gasteiger partial charge on any atom is -0.504 e. The van der Waals surface area contributed by atoms with Crippen molar-refractivity contribution in [3.8, 4) is 11.5 Å². The Morgan fingerprint density at radius 2 is 1.79 bits per heavy atom. The van der Waals surface area contributed by atoms with Gasteiger partial charge in [-0.2, -0.15) is 0 Å². The lowest BCUT2D eigenvalue weighted by Gasteiger charge is -2.27. The average molecular weight is 416 g/mol. The third-order valence-corrected chi connectivity index (χ3v) is 4.23. The van der Waals surface area contributed by atoms with Crippen molar-refractivity contribution in [2.75, 3.05) is 26.4 Å². The number of benzene rings is 1. The number of phenols is 1. The number of aliphatic hydroxyl groups is 6. The highest BCUT2D eigenvalue weighted by atomic mass is 16.5. The number of rotatable bonds is 11. The molecule has 10 nitrogen and oxygen atoms in total. The molecule has 0 aromatic heterocycles. The molecule has 7 N–H and O–H groups in total. The molecule has 1 rings (SSSR count). The summed E-state index contributed by atoms with van der Waals surface area (Å²) in [6, 6.07) is 4.16. The molecule has 1 aromatic rings. The highest BCUT2D eigenvalue weighted by Crippen LogP contribution is 2.28. The summed E-state index contributed by atoms with van der Waals surface area (Å²) in [6.45, 7) is 0.195. The second kappa shape index (κ2) is 10.5. The minimum atomic E-state index is -1.80. The van der Waals surface area contributed by atoms with Crippen molar-refractivity contribution in [2.45, 2.75) is 37.3 Å². The van der Waals surface area contributed by atoms with Crippen LogP contribution in [0.2, 0.25) is 0 Å². The minimum absolute atomic E-state index is 0.0181. The smallest absolute Gasteiger partial charge is 0.330 e. The zero-order chi connectivity index (χ0) is 22.2. The van der Waals surface area contributed by atoms with E-state index in [1.165, 1.54) is 38.1 Å². The number of esters is 1. The van der Waals surface area contributed by atoms with E-state index in [-0.39, 0.29) is 18.1 Å². The lowest BCUT2D eigenvalue weighted by Crippen LogP contribution is -2.46. The van der Waals surface area contributed by atoms with Crippen molar-refractivity contribution in [1.29, 1.82) is 0 Å². The highest BCUT2D eigenvalue weighted by molar-refractivity contribution is 5.87. The van der Waals surface area contributed by atoms with E-state index in [0.29, 0.717) is 5.56 Å². The van der Waals surface area contributed by atoms with Gasteiger partial charge in [-0.05, 0) is 37.6 Å². The number of hydrogen-bond acceptors (Lipinski definition) is 10. The number of carbonyl (C=O) groups excluding carboxylic acids is 1. The van der Waals surface area contributed by atoms with Crippen LogP contribution >= 0.6 is 0 Å². The maximum atomic E-state index is 11.7. The largest absolute Gasteiger partial charge is 0.504 e. The molecule has 0 saturated carbocycles. The summed E-state index contributed by atoms with van der Waals surface area (Å²) < 4.78 is 10.0. The topological polar surface area (TPSA) is 177 Å². The van der Waals surface area contributed by atoms with Crippen LogP contribution in [0, 0.1) is 0 Å². The number of hydrogen-bond donors (Lipinski definition) is 7. The summed E-state index contributed by atoms with van der Waals surface area (Å²) in [4.78, 5) is 11.7. The van der Waals surface area contributed by atoms with E-state index >= 15 is 0 Å². The Morgan fingerprint density at radius 1 is 1.14 bits per heavy atom. The lowest BCUT2D eigenvalue weighted by atomic mass is 10.0. The monoisotopic (exact) mass is 416 g/mol. The standard InChI is InChI=1S/C19H28O10/c1-18(26,10-21)16(24)9-28-17(25)6-4-12-3-5-14(13(22)7-12)29-11-19(2,27)15(23)8-20/h3-7,15-16,20-24,26-27H,8-11H2,1-2H3/b6-4+/t15-,16+,18-,19+/m1/s1. The van der Waals surface area contributed by atoms with Crippen molar-refractivity contribution in [3.63, 3.8) is 0 Å². The Hall–Kier alpha value is -2.21. The number of carbonyl (C=O) groups is 1. The predicted molar refractivity (Wildman–Crippen MR) is 101 cm³/mol. The normalized spacial score (nSPS) is 17.9. The Bertz CT molecular complexity index is 698. The molecule has 0 aliphatic heterocycles. The fraction of sp³-hybridized carbons (Fsp3) is 0.526. The average Bonchev–Trinajstić information content (AvgIpc) is 2.68. The van der Waals surface area contributed by atoms with Crippen LogP contribution in [0.15, 0.2) is 24.3 Å². The van der Waals surface area contributed by atoms with E-state index in [4.69, 9.17) is 19.7 Å². The second-order valence-electron chi connectivity index (χ2n) is 7.07. The number of ether oxygens (including phenoxy) is 2. The summed E-state index contributed by atoms with van der Waals surface area (Å²) in [5.41, 5.74) is -3.12. The molecule has 10 heteroatoms. The summed E-state index contributed by atoms with van der Waals surface area (Å²) in [6.07, 6.45) is -0.518. The van der Waals surface area contributed by atoms with Gasteiger partial charge in [0.05, 0.1) is 13.2 Å². The van der Waals surface area contributed by atoms with Crippen LogP contribution in [0.25, 0.3) is 6.08 Å². The van der Waals surface area contributed by atoms with Crippen molar-refractivity contribution in [3.05, 3.63) is 29.8 Å². The van der Waals surface area contributed by atoms with Crippen LogP contribution < -0.4 is 4.74 Å². The van der Waals surface area contributed by atoms with Gasteiger partial charge < -0.3 is 45.2 Å². The molecular weight excluding hydrogens is 388 g/mol. The molecular formula is C19H28O10. The fourth-order valence-electron chi connectivity index (χ4n) is 1.94. The maximum Gasteiger partial charge on any atom is 0.330 e. The molecule has 0 spiro atoms. The van der Waals surface area contributed by atoms with Crippen LogP contribution in [-0.2, 0) is 9.53 Å². The molecule has 1 aromatic carbocycles. The molecule has 0 saturated heterocycles. The first kappa shape index (κ1) is 24.8. The molecule has 0 unspecified atom stereocenters. The van der Waals surface area contributed by atoms with Crippen LogP contribution in [0.1, 0.15) is 19.4 Å². The molecule has 4 atom stereocenters. The Kier molecular flexibility index (Phi) is 9.02. The van der Waals surface area contributed by atoms with Gasteiger partial charge in [0.2, 0.25) is 0 Å². The van der Waals surface area contributed by atoms with Gasteiger partial charge in [0, 0.05) is 6.08 Å². The van der Waals surface area contributed by atoms with Crippen molar-refractivity contribution >= 4 is 12.0 Å². The van der Waals surface area contributed by atoms with Gasteiger partial charge in [-0.15, -0.1) is 0 Å². The first-order valence-corrected chi connectivity index (χ1v) is 8.76. The first-order valence-electron chi connectivity index (χ1n) is 8.76. The maximum absolute atomic E-state index is 11.7. The van der Waals surface area contributed by atoms with Gasteiger partial charge in [-0.1, -0.05) is 6.07 Å². The summed E-state index contributed by atoms with van der Waals surface area (Å²) in [7, 11) is 0. The number of aliphatic hydroxyl groups excluding tert-OH is 4. The van der Waals surface area contributed by atoms with Gasteiger partial charge in [0.25, 0.3) is 0 Å². The SMILES string of the molecule is C[C@](O)(COc1ccc(/C=C/C(=O)OC[C@H](O)[C@](C)(O)CO)cc1O)[C@H](O)CO. The van der Waals surface area contributed by atoms with Gasteiger partial charge >= 0.3 is 5.97 Å². The molecule has 0 bridgehead atoms. The molecule has 0 radical (unpaired) electrons. The number of aromatic hydroxyl groups is 1. The molecule has 0 aliphatic rings. The molecule has 29 heavy (non-hydrogen) atoms. The summed E-state index contributed by atoms with van der Waals surface area (Å²) >= 11 is 0. The number of phenolic OH excluding ortho intramolecular Hbond substituents is 1. The van der Waals surface area contributed by atoms with E-state index < -0.39 is 49.2 Å². The van der Waals surface area contributed by atoms with Crippen LogP contribution in [0.5, 0.6) is 11.5 Å². The van der Waals surface area contributed by atoms with Gasteiger partial charge in [0.15, 0.2) is 11.5 Å². The zero-order valence-electron chi connectivity index (χ0n) is 16.2. The molecule has 0 fully saturated rings. The third kappa shape index (κ3) is 7.61. The van der Waals surface area contributed by atoms with Crippen LogP contribution in [0.3, 0.4) is 0 Å². The van der Waals surface area contributed by atoms with Gasteiger partial charge in [-0.25, -0.2) is 4.79 Å². The van der Waals surface area contributed by atoms with Crippen molar-refractivity contribution in [1.82, 2.24) is 0 Å². The summed E-state index contributed by atoms with van der Waals surface area (Å²) in [5, 5.41) is 66.5. The first-order chi connectivity index (χ1) is 13.4. The summed E-state index contributed by atoms with van der Waals surface area (Å²) in [5.74, 6) is -1.08. The van der Waals surface area contributed by atoms with Gasteiger partial charge in [0.1, 0.15) is 36.6 Å². The lowest BCUT2D eigenvalue weighted by molar-refractivity contribution is -0.151. The second-order valence-corrected chi connectivity index (χ2v) is 7.07. The quantitative estimate of drug-likeness (QED) is 0.166. The van der Waals surface area contributed by atoms with E-state index in [2.05, 4.69) is 0 Å². The van der Waals surface area contributed by atoms with Crippen molar-refractivity contribution < 1.29 is 50.0 Å². The fourth-order valence-corrected chi connectivity index (χ4v) is 1.94. The molecule has 0 aliphatic carbocycles. The van der Waals surface area contributed by atoms with Crippen LogP contribution in [0.4, 0.5) is 0 Å². The Morgan fingerprint density at radius 3 is 2.34 bits per heavy atom. The Balaban J connectivity index is 2.64. The molecule has 164 valence electrons. The van der Waals surface area contributed by atoms with E-state index in [9.17, 15) is 30.3 Å². The van der Waals surface area contributed by atoms with E-state index in [0.717, 1.165) is 6.08 Å². The van der Waals surface area contributed by atoms with Crippen molar-refractivity contribution in [2.24, 2.45) is 0 Å².